The van der Waals surface area contributed by atoms with Gasteiger partial charge in [-0.3, -0.25) is 14.4 Å². The SMILES string of the molecule is COc1ccc(Cl)cc1NC(=O)CN1C(=O)[C@H]2CCCN2C(=O)c2ccccc21. The van der Waals surface area contributed by atoms with E-state index < -0.39 is 11.9 Å². The van der Waals surface area contributed by atoms with Crippen molar-refractivity contribution in [3.63, 3.8) is 0 Å². The molecule has 29 heavy (non-hydrogen) atoms. The number of rotatable bonds is 4. The Morgan fingerprint density at radius 3 is 2.83 bits per heavy atom. The van der Waals surface area contributed by atoms with Crippen LogP contribution in [0.4, 0.5) is 11.4 Å². The molecular formula is C21H20ClN3O4. The van der Waals surface area contributed by atoms with Crippen LogP contribution in [-0.4, -0.2) is 48.9 Å². The van der Waals surface area contributed by atoms with Gasteiger partial charge in [0.2, 0.25) is 11.8 Å². The second kappa shape index (κ2) is 7.75. The van der Waals surface area contributed by atoms with Gasteiger partial charge in [-0.1, -0.05) is 23.7 Å². The minimum Gasteiger partial charge on any atom is -0.495 e. The highest BCUT2D eigenvalue weighted by Gasteiger charge is 2.42. The highest BCUT2D eigenvalue weighted by Crippen LogP contribution is 2.33. The zero-order valence-electron chi connectivity index (χ0n) is 15.9. The van der Waals surface area contributed by atoms with Crippen molar-refractivity contribution in [1.82, 2.24) is 4.90 Å². The van der Waals surface area contributed by atoms with E-state index in [0.29, 0.717) is 40.7 Å². The molecule has 2 heterocycles. The second-order valence-electron chi connectivity index (χ2n) is 6.99. The molecule has 4 rings (SSSR count). The maximum absolute atomic E-state index is 13.2. The molecule has 3 amide bonds. The van der Waals surface area contributed by atoms with Crippen LogP contribution in [0, 0.1) is 0 Å². The highest BCUT2D eigenvalue weighted by molar-refractivity contribution is 6.31. The third-order valence-electron chi connectivity index (χ3n) is 5.23. The lowest BCUT2D eigenvalue weighted by Gasteiger charge is -2.25. The standard InChI is InChI=1S/C21H20ClN3O4/c1-29-18-9-8-13(22)11-15(18)23-19(26)12-25-16-6-3-2-5-14(16)20(27)24-10-4-7-17(24)21(25)28/h2-3,5-6,8-9,11,17H,4,7,10,12H2,1H3,(H,23,26)/t17-/m1/s1. The number of methoxy groups -OCH3 is 1. The fourth-order valence-electron chi connectivity index (χ4n) is 3.88. The van der Waals surface area contributed by atoms with Crippen molar-refractivity contribution in [2.24, 2.45) is 0 Å². The fourth-order valence-corrected chi connectivity index (χ4v) is 4.06. The molecule has 7 nitrogen and oxygen atoms in total. The van der Waals surface area contributed by atoms with E-state index in [-0.39, 0.29) is 18.4 Å². The quantitative estimate of drug-likeness (QED) is 0.835. The van der Waals surface area contributed by atoms with E-state index in [1.165, 1.54) is 12.0 Å². The molecule has 8 heteroatoms. The van der Waals surface area contributed by atoms with Gasteiger partial charge in [0.15, 0.2) is 0 Å². The number of hydrogen-bond acceptors (Lipinski definition) is 4. The highest BCUT2D eigenvalue weighted by atomic mass is 35.5. The zero-order chi connectivity index (χ0) is 20.5. The zero-order valence-corrected chi connectivity index (χ0v) is 16.6. The number of nitrogens with one attached hydrogen (secondary N) is 1. The average molecular weight is 414 g/mol. The number of halogens is 1. The van der Waals surface area contributed by atoms with Crippen LogP contribution in [0.5, 0.6) is 5.75 Å². The van der Waals surface area contributed by atoms with Crippen LogP contribution < -0.4 is 15.0 Å². The molecule has 0 unspecified atom stereocenters. The van der Waals surface area contributed by atoms with Gasteiger partial charge >= 0.3 is 0 Å². The predicted octanol–water partition coefficient (Wildman–Crippen LogP) is 2.94. The van der Waals surface area contributed by atoms with Crippen LogP contribution in [0.2, 0.25) is 5.02 Å². The lowest BCUT2D eigenvalue weighted by atomic mass is 10.1. The van der Waals surface area contributed by atoms with E-state index in [4.69, 9.17) is 16.3 Å². The molecular weight excluding hydrogens is 394 g/mol. The van der Waals surface area contributed by atoms with Crippen molar-refractivity contribution in [2.75, 3.05) is 30.4 Å². The Kier molecular flexibility index (Phi) is 5.15. The second-order valence-corrected chi connectivity index (χ2v) is 7.43. The number of carbonyl (C=O) groups excluding carboxylic acids is 3. The number of amides is 3. The molecule has 1 N–H and O–H groups in total. The maximum Gasteiger partial charge on any atom is 0.256 e. The van der Waals surface area contributed by atoms with Crippen molar-refractivity contribution in [3.8, 4) is 5.75 Å². The Labute approximate surface area is 173 Å². The smallest absolute Gasteiger partial charge is 0.256 e. The van der Waals surface area contributed by atoms with E-state index >= 15 is 0 Å². The number of anilines is 2. The van der Waals surface area contributed by atoms with Gasteiger partial charge in [-0.05, 0) is 43.2 Å². The molecule has 2 aromatic rings. The van der Waals surface area contributed by atoms with Crippen LogP contribution in [0.1, 0.15) is 23.2 Å². The van der Waals surface area contributed by atoms with E-state index in [0.717, 1.165) is 6.42 Å². The predicted molar refractivity (Wildman–Crippen MR) is 109 cm³/mol. The molecule has 1 fully saturated rings. The van der Waals surface area contributed by atoms with Gasteiger partial charge in [-0.2, -0.15) is 0 Å². The van der Waals surface area contributed by atoms with Crippen molar-refractivity contribution < 1.29 is 19.1 Å². The first-order valence-electron chi connectivity index (χ1n) is 9.34. The molecule has 1 atom stereocenters. The summed E-state index contributed by atoms with van der Waals surface area (Å²) in [4.78, 5) is 41.9. The Hall–Kier alpha value is -3.06. The van der Waals surface area contributed by atoms with E-state index in [1.807, 2.05) is 0 Å². The van der Waals surface area contributed by atoms with Gasteiger partial charge in [0, 0.05) is 11.6 Å². The van der Waals surface area contributed by atoms with E-state index in [9.17, 15) is 14.4 Å². The molecule has 150 valence electrons. The first-order chi connectivity index (χ1) is 14.0. The van der Waals surface area contributed by atoms with Gasteiger partial charge in [-0.15, -0.1) is 0 Å². The average Bonchev–Trinajstić information content (AvgIpc) is 3.18. The number of ether oxygens (including phenoxy) is 1. The minimum absolute atomic E-state index is 0.170. The third kappa shape index (κ3) is 3.53. The Balaban J connectivity index is 1.64. The Bertz CT molecular complexity index is 994. The summed E-state index contributed by atoms with van der Waals surface area (Å²) in [5, 5.41) is 3.20. The minimum atomic E-state index is -0.539. The Morgan fingerprint density at radius 2 is 2.03 bits per heavy atom. The van der Waals surface area contributed by atoms with Crippen LogP contribution in [0.25, 0.3) is 0 Å². The summed E-state index contributed by atoms with van der Waals surface area (Å²) in [7, 11) is 1.49. The van der Waals surface area contributed by atoms with Crippen LogP contribution in [0.3, 0.4) is 0 Å². The molecule has 0 spiro atoms. The Morgan fingerprint density at radius 1 is 1.24 bits per heavy atom. The van der Waals surface area contributed by atoms with E-state index in [1.54, 1.807) is 47.4 Å². The number of benzene rings is 2. The van der Waals surface area contributed by atoms with Gasteiger partial charge < -0.3 is 19.9 Å². The summed E-state index contributed by atoms with van der Waals surface area (Å²) < 4.78 is 5.25. The summed E-state index contributed by atoms with van der Waals surface area (Å²) in [5.74, 6) is -0.361. The monoisotopic (exact) mass is 413 g/mol. The van der Waals surface area contributed by atoms with Crippen molar-refractivity contribution in [3.05, 3.63) is 53.1 Å². The van der Waals surface area contributed by atoms with Crippen LogP contribution >= 0.6 is 11.6 Å². The maximum atomic E-state index is 13.2. The molecule has 2 aliphatic heterocycles. The molecule has 0 bridgehead atoms. The lowest BCUT2D eigenvalue weighted by Crippen LogP contribution is -2.47. The van der Waals surface area contributed by atoms with Crippen molar-refractivity contribution >= 4 is 40.7 Å². The van der Waals surface area contributed by atoms with Crippen molar-refractivity contribution in [2.45, 2.75) is 18.9 Å². The van der Waals surface area contributed by atoms with Gasteiger partial charge in [0.05, 0.1) is 24.0 Å². The topological polar surface area (TPSA) is 79.0 Å². The number of nitrogens with zero attached hydrogens (tertiary/aromatic N) is 2. The van der Waals surface area contributed by atoms with Gasteiger partial charge in [-0.25, -0.2) is 0 Å². The van der Waals surface area contributed by atoms with E-state index in [2.05, 4.69) is 5.32 Å². The number of para-hydroxylation sites is 1. The summed E-state index contributed by atoms with van der Waals surface area (Å²) in [6, 6.07) is 11.2. The molecule has 1 saturated heterocycles. The molecule has 2 aromatic carbocycles. The largest absolute Gasteiger partial charge is 0.495 e. The fraction of sp³-hybridized carbons (Fsp3) is 0.286. The normalized spacial score (nSPS) is 18.2. The molecule has 0 saturated carbocycles. The number of fused-ring (bicyclic) bond motifs is 2. The van der Waals surface area contributed by atoms with Gasteiger partial charge in [0.1, 0.15) is 18.3 Å². The lowest BCUT2D eigenvalue weighted by molar-refractivity contribution is -0.124. The molecule has 2 aliphatic rings. The number of hydrogen-bond donors (Lipinski definition) is 1. The summed E-state index contributed by atoms with van der Waals surface area (Å²) in [6.45, 7) is 0.326. The first kappa shape index (κ1) is 19.3. The number of carbonyl (C=O) groups is 3. The van der Waals surface area contributed by atoms with Gasteiger partial charge in [0.25, 0.3) is 5.91 Å². The molecule has 0 radical (unpaired) electrons. The van der Waals surface area contributed by atoms with Crippen molar-refractivity contribution in [1.29, 1.82) is 0 Å². The van der Waals surface area contributed by atoms with Crippen LogP contribution in [-0.2, 0) is 9.59 Å². The summed E-state index contributed by atoms with van der Waals surface area (Å²) >= 11 is 6.02. The molecule has 0 aliphatic carbocycles. The first-order valence-corrected chi connectivity index (χ1v) is 9.72. The summed E-state index contributed by atoms with van der Waals surface area (Å²) in [6.07, 6.45) is 1.36. The molecule has 0 aromatic heterocycles. The third-order valence-corrected chi connectivity index (χ3v) is 5.46. The van der Waals surface area contributed by atoms with Crippen LogP contribution in [0.15, 0.2) is 42.5 Å². The summed E-state index contributed by atoms with van der Waals surface area (Å²) in [5.41, 5.74) is 1.29.